The lowest BCUT2D eigenvalue weighted by atomic mass is 10.0. The van der Waals surface area contributed by atoms with Crippen LogP contribution in [0.25, 0.3) is 0 Å². The molecule has 1 saturated carbocycles. The molecule has 1 aliphatic carbocycles. The van der Waals surface area contributed by atoms with E-state index in [2.05, 4.69) is 10.3 Å². The fourth-order valence-electron chi connectivity index (χ4n) is 2.55. The Morgan fingerprint density at radius 1 is 1.39 bits per heavy atom. The summed E-state index contributed by atoms with van der Waals surface area (Å²) in [6, 6.07) is 2.19. The highest BCUT2D eigenvalue weighted by Crippen LogP contribution is 2.29. The zero-order chi connectivity index (χ0) is 16.9. The van der Waals surface area contributed by atoms with E-state index in [1.807, 2.05) is 0 Å². The first-order valence-corrected chi connectivity index (χ1v) is 8.45. The lowest BCUT2D eigenvalue weighted by Gasteiger charge is -2.17. The van der Waals surface area contributed by atoms with Crippen LogP contribution in [0.1, 0.15) is 31.2 Å². The summed E-state index contributed by atoms with van der Waals surface area (Å²) in [5, 5.41) is 12.9. The number of aliphatic hydroxyl groups excluding tert-OH is 1. The number of aliphatic hydroxyl groups is 1. The standard InChI is InChI=1S/C15H19F3N2O2S/c16-15(17,18)11-5-6-14(20-7-11)23-9-13(22)19-8-12(21)10-3-1-2-4-10/h5-7,10,12,21H,1-4,8-9H2,(H,19,22). The fourth-order valence-corrected chi connectivity index (χ4v) is 3.22. The van der Waals surface area contributed by atoms with Gasteiger partial charge in [0.15, 0.2) is 0 Å². The molecule has 2 N–H and O–H groups in total. The zero-order valence-electron chi connectivity index (χ0n) is 12.5. The minimum atomic E-state index is -4.41. The first-order chi connectivity index (χ1) is 10.9. The van der Waals surface area contributed by atoms with Crippen molar-refractivity contribution in [1.29, 1.82) is 0 Å². The molecule has 128 valence electrons. The summed E-state index contributed by atoms with van der Waals surface area (Å²) in [6.45, 7) is 0.213. The van der Waals surface area contributed by atoms with E-state index in [4.69, 9.17) is 0 Å². The molecule has 1 amide bonds. The van der Waals surface area contributed by atoms with E-state index in [-0.39, 0.29) is 24.1 Å². The number of nitrogens with zero attached hydrogens (tertiary/aromatic N) is 1. The van der Waals surface area contributed by atoms with Crippen molar-refractivity contribution in [2.75, 3.05) is 12.3 Å². The number of carbonyl (C=O) groups is 1. The van der Waals surface area contributed by atoms with Crippen LogP contribution in [-0.2, 0) is 11.0 Å². The van der Waals surface area contributed by atoms with Crippen LogP contribution in [-0.4, -0.2) is 34.4 Å². The van der Waals surface area contributed by atoms with Crippen LogP contribution in [0.5, 0.6) is 0 Å². The first-order valence-electron chi connectivity index (χ1n) is 7.47. The van der Waals surface area contributed by atoms with Gasteiger partial charge in [-0.25, -0.2) is 4.98 Å². The Morgan fingerprint density at radius 3 is 2.65 bits per heavy atom. The average Bonchev–Trinajstić information content (AvgIpc) is 3.04. The first kappa shape index (κ1) is 18.1. The number of carbonyl (C=O) groups excluding carboxylic acids is 1. The highest BCUT2D eigenvalue weighted by Gasteiger charge is 2.30. The van der Waals surface area contributed by atoms with Crippen LogP contribution in [0.2, 0.25) is 0 Å². The number of rotatable bonds is 6. The Labute approximate surface area is 136 Å². The van der Waals surface area contributed by atoms with E-state index in [1.165, 1.54) is 6.07 Å². The van der Waals surface area contributed by atoms with Gasteiger partial charge in [0, 0.05) is 12.7 Å². The van der Waals surface area contributed by atoms with Gasteiger partial charge in [0.1, 0.15) is 0 Å². The van der Waals surface area contributed by atoms with Crippen molar-refractivity contribution in [1.82, 2.24) is 10.3 Å². The number of alkyl halides is 3. The maximum atomic E-state index is 12.4. The van der Waals surface area contributed by atoms with Crippen LogP contribution in [0.3, 0.4) is 0 Å². The van der Waals surface area contributed by atoms with Gasteiger partial charge in [-0.1, -0.05) is 24.6 Å². The van der Waals surface area contributed by atoms with E-state index in [0.29, 0.717) is 5.03 Å². The van der Waals surface area contributed by atoms with Gasteiger partial charge in [0.25, 0.3) is 0 Å². The Bertz CT molecular complexity index is 516. The summed E-state index contributed by atoms with van der Waals surface area (Å²) in [4.78, 5) is 15.4. The number of thioether (sulfide) groups is 1. The molecule has 1 aliphatic rings. The predicted octanol–water partition coefficient (Wildman–Crippen LogP) is 2.86. The highest BCUT2D eigenvalue weighted by atomic mass is 32.2. The number of amides is 1. The molecule has 1 fully saturated rings. The third kappa shape index (κ3) is 5.69. The van der Waals surface area contributed by atoms with Crippen molar-refractivity contribution in [2.45, 2.75) is 43.0 Å². The van der Waals surface area contributed by atoms with Gasteiger partial charge in [-0.15, -0.1) is 0 Å². The molecule has 0 saturated heterocycles. The van der Waals surface area contributed by atoms with E-state index in [9.17, 15) is 23.1 Å². The lowest BCUT2D eigenvalue weighted by Crippen LogP contribution is -2.36. The summed E-state index contributed by atoms with van der Waals surface area (Å²) in [7, 11) is 0. The number of hydrogen-bond acceptors (Lipinski definition) is 4. The minimum absolute atomic E-state index is 0.0513. The molecule has 1 unspecified atom stereocenters. The number of halogens is 3. The van der Waals surface area contributed by atoms with E-state index in [1.54, 1.807) is 0 Å². The summed E-state index contributed by atoms with van der Waals surface area (Å²) in [6.07, 6.45) is 0.0166. The molecule has 2 rings (SSSR count). The lowest BCUT2D eigenvalue weighted by molar-refractivity contribution is -0.137. The summed E-state index contributed by atoms with van der Waals surface area (Å²) in [5.74, 6) is 0.0312. The number of pyridine rings is 1. The monoisotopic (exact) mass is 348 g/mol. The molecule has 23 heavy (non-hydrogen) atoms. The van der Waals surface area contributed by atoms with Gasteiger partial charge in [0.05, 0.1) is 22.4 Å². The van der Waals surface area contributed by atoms with Crippen molar-refractivity contribution in [3.8, 4) is 0 Å². The molecule has 1 heterocycles. The molecule has 0 aliphatic heterocycles. The number of nitrogens with one attached hydrogen (secondary N) is 1. The second-order valence-corrected chi connectivity index (χ2v) is 6.58. The molecule has 0 aromatic carbocycles. The maximum Gasteiger partial charge on any atom is 0.417 e. The molecule has 0 spiro atoms. The van der Waals surface area contributed by atoms with Crippen LogP contribution in [0.15, 0.2) is 23.4 Å². The molecule has 1 atom stereocenters. The van der Waals surface area contributed by atoms with Gasteiger partial charge in [-0.05, 0) is 30.9 Å². The molecule has 0 radical (unpaired) electrons. The smallest absolute Gasteiger partial charge is 0.391 e. The van der Waals surface area contributed by atoms with Gasteiger partial charge in [-0.3, -0.25) is 4.79 Å². The molecule has 0 bridgehead atoms. The number of aromatic nitrogens is 1. The Kier molecular flexibility index (Phi) is 6.29. The van der Waals surface area contributed by atoms with Crippen molar-refractivity contribution < 1.29 is 23.1 Å². The van der Waals surface area contributed by atoms with Gasteiger partial charge >= 0.3 is 6.18 Å². The van der Waals surface area contributed by atoms with Crippen molar-refractivity contribution >= 4 is 17.7 Å². The van der Waals surface area contributed by atoms with Crippen LogP contribution in [0.4, 0.5) is 13.2 Å². The summed E-state index contributed by atoms with van der Waals surface area (Å²) < 4.78 is 37.2. The Morgan fingerprint density at radius 2 is 2.09 bits per heavy atom. The Balaban J connectivity index is 1.71. The topological polar surface area (TPSA) is 62.2 Å². The molecule has 1 aromatic rings. The molecule has 4 nitrogen and oxygen atoms in total. The molecular weight excluding hydrogens is 329 g/mol. The van der Waals surface area contributed by atoms with Crippen molar-refractivity contribution in [2.24, 2.45) is 5.92 Å². The molecule has 8 heteroatoms. The maximum absolute atomic E-state index is 12.4. The van der Waals surface area contributed by atoms with Crippen LogP contribution < -0.4 is 5.32 Å². The molecule has 1 aromatic heterocycles. The second-order valence-electron chi connectivity index (χ2n) is 5.59. The van der Waals surface area contributed by atoms with E-state index >= 15 is 0 Å². The van der Waals surface area contributed by atoms with E-state index in [0.717, 1.165) is 49.7 Å². The third-order valence-electron chi connectivity index (χ3n) is 3.87. The van der Waals surface area contributed by atoms with Crippen molar-refractivity contribution in [3.05, 3.63) is 23.9 Å². The van der Waals surface area contributed by atoms with Crippen LogP contribution in [0, 0.1) is 5.92 Å². The largest absolute Gasteiger partial charge is 0.417 e. The van der Waals surface area contributed by atoms with E-state index < -0.39 is 17.8 Å². The van der Waals surface area contributed by atoms with Gasteiger partial charge in [-0.2, -0.15) is 13.2 Å². The highest BCUT2D eigenvalue weighted by molar-refractivity contribution is 7.99. The summed E-state index contributed by atoms with van der Waals surface area (Å²) >= 11 is 1.06. The quantitative estimate of drug-likeness (QED) is 0.776. The predicted molar refractivity (Wildman–Crippen MR) is 80.9 cm³/mol. The van der Waals surface area contributed by atoms with Crippen molar-refractivity contribution in [3.63, 3.8) is 0 Å². The normalized spacial score (nSPS) is 17.2. The second kappa shape index (κ2) is 8.01. The molecular formula is C15H19F3N2O2S. The Hall–Kier alpha value is -1.28. The average molecular weight is 348 g/mol. The zero-order valence-corrected chi connectivity index (χ0v) is 13.3. The minimum Gasteiger partial charge on any atom is -0.391 e. The van der Waals surface area contributed by atoms with Gasteiger partial charge < -0.3 is 10.4 Å². The fraction of sp³-hybridized carbons (Fsp3) is 0.600. The van der Waals surface area contributed by atoms with Crippen LogP contribution >= 0.6 is 11.8 Å². The number of hydrogen-bond donors (Lipinski definition) is 2. The third-order valence-corrected chi connectivity index (χ3v) is 4.81. The SMILES string of the molecule is O=C(CSc1ccc(C(F)(F)F)cn1)NCC(O)C1CCCC1. The van der Waals surface area contributed by atoms with Gasteiger partial charge in [0.2, 0.25) is 5.91 Å². The summed E-state index contributed by atoms with van der Waals surface area (Å²) in [5.41, 5.74) is -0.814.